The van der Waals surface area contributed by atoms with Gasteiger partial charge in [0.05, 0.1) is 69.7 Å². The van der Waals surface area contributed by atoms with Crippen molar-refractivity contribution >= 4 is 35.5 Å². The van der Waals surface area contributed by atoms with Crippen LogP contribution in [0.25, 0.3) is 0 Å². The van der Waals surface area contributed by atoms with Crippen molar-refractivity contribution in [1.29, 1.82) is 0 Å². The molecule has 4 heterocycles. The fourth-order valence-electron chi connectivity index (χ4n) is 4.98. The normalized spacial score (nSPS) is 17.1. The number of fused-ring (bicyclic) bond motifs is 2. The fourth-order valence-corrected chi connectivity index (χ4v) is 4.98. The highest BCUT2D eigenvalue weighted by molar-refractivity contribution is 6.13. The first-order valence-electron chi connectivity index (χ1n) is 15.1. The molecule has 0 spiro atoms. The van der Waals surface area contributed by atoms with Crippen LogP contribution < -0.4 is 10.1 Å². The van der Waals surface area contributed by atoms with E-state index < -0.39 is 11.8 Å². The monoisotopic (exact) mass is 635 g/mol. The third-order valence-electron chi connectivity index (χ3n) is 7.35. The molecule has 1 saturated heterocycles. The Hall–Kier alpha value is -4.73. The second-order valence-electron chi connectivity index (χ2n) is 10.8. The van der Waals surface area contributed by atoms with E-state index in [1.54, 1.807) is 34.0 Å². The van der Waals surface area contributed by atoms with E-state index in [1.165, 1.54) is 12.2 Å². The lowest BCUT2D eigenvalue weighted by molar-refractivity contribution is -0.137. The summed E-state index contributed by atoms with van der Waals surface area (Å²) in [6, 6.07) is 5.25. The molecule has 3 aliphatic rings. The van der Waals surface area contributed by atoms with Crippen molar-refractivity contribution in [2.75, 3.05) is 59.3 Å². The molecule has 0 bridgehead atoms. The highest BCUT2D eigenvalue weighted by Gasteiger charge is 2.33. The van der Waals surface area contributed by atoms with Gasteiger partial charge in [-0.1, -0.05) is 17.4 Å². The van der Waals surface area contributed by atoms with E-state index in [2.05, 4.69) is 27.2 Å². The van der Waals surface area contributed by atoms with Gasteiger partial charge < -0.3 is 29.2 Å². The molecular weight excluding hydrogens is 598 g/mol. The maximum atomic E-state index is 13.1. The predicted molar refractivity (Wildman–Crippen MR) is 163 cm³/mol. The Bertz CT molecular complexity index is 1490. The largest absolute Gasteiger partial charge is 0.487 e. The van der Waals surface area contributed by atoms with Gasteiger partial charge in [-0.15, -0.1) is 5.10 Å². The molecule has 0 saturated carbocycles. The quantitative estimate of drug-likeness (QED) is 0.141. The molecule has 1 atom stereocenters. The molecule has 0 unspecified atom stereocenters. The Labute approximate surface area is 265 Å². The van der Waals surface area contributed by atoms with Crippen LogP contribution in [-0.4, -0.2) is 120 Å². The molecule has 1 N–H and O–H groups in total. The summed E-state index contributed by atoms with van der Waals surface area (Å²) in [5.41, 5.74) is 2.80. The van der Waals surface area contributed by atoms with Crippen molar-refractivity contribution in [2.45, 2.75) is 32.0 Å². The Balaban J connectivity index is 0.872. The maximum Gasteiger partial charge on any atom is 0.257 e. The van der Waals surface area contributed by atoms with Crippen LogP contribution in [0.5, 0.6) is 5.75 Å². The summed E-state index contributed by atoms with van der Waals surface area (Å²) in [5, 5.41) is 10.9. The van der Waals surface area contributed by atoms with Gasteiger partial charge in [-0.25, -0.2) is 4.68 Å². The minimum Gasteiger partial charge on any atom is -0.487 e. The topological polar surface area (TPSA) is 167 Å². The minimum atomic E-state index is -0.402. The van der Waals surface area contributed by atoms with Crippen LogP contribution >= 0.6 is 0 Å². The smallest absolute Gasteiger partial charge is 0.257 e. The molecule has 1 aromatic carbocycles. The number of imide groups is 1. The Kier molecular flexibility index (Phi) is 11.4. The first kappa shape index (κ1) is 32.7. The van der Waals surface area contributed by atoms with Crippen molar-refractivity contribution in [1.82, 2.24) is 30.1 Å². The average molecular weight is 636 g/mol. The zero-order chi connectivity index (χ0) is 32.3. The summed E-state index contributed by atoms with van der Waals surface area (Å²) >= 11 is 0. The first-order chi connectivity index (χ1) is 22.4. The molecular formula is C31H37N7O8. The summed E-state index contributed by atoms with van der Waals surface area (Å²) < 4.78 is 24.1. The third kappa shape index (κ3) is 8.93. The van der Waals surface area contributed by atoms with Crippen LogP contribution in [0, 0.1) is 0 Å². The Morgan fingerprint density at radius 3 is 2.50 bits per heavy atom. The van der Waals surface area contributed by atoms with Gasteiger partial charge in [-0.05, 0) is 24.6 Å². The zero-order valence-electron chi connectivity index (χ0n) is 25.5. The molecule has 46 heavy (non-hydrogen) atoms. The van der Waals surface area contributed by atoms with Crippen LogP contribution in [0.4, 0.5) is 5.69 Å². The number of aromatic nitrogens is 3. The second kappa shape index (κ2) is 16.0. The third-order valence-corrected chi connectivity index (χ3v) is 7.35. The highest BCUT2D eigenvalue weighted by Crippen LogP contribution is 2.32. The zero-order valence-corrected chi connectivity index (χ0v) is 25.5. The molecule has 2 aromatic rings. The number of amides is 4. The van der Waals surface area contributed by atoms with Gasteiger partial charge in [0.25, 0.3) is 17.7 Å². The molecule has 1 aromatic heterocycles. The van der Waals surface area contributed by atoms with Gasteiger partial charge in [0.15, 0.2) is 0 Å². The van der Waals surface area contributed by atoms with Gasteiger partial charge in [0, 0.05) is 44.4 Å². The lowest BCUT2D eigenvalue weighted by Gasteiger charge is -2.19. The van der Waals surface area contributed by atoms with Crippen molar-refractivity contribution in [3.63, 3.8) is 0 Å². The first-order valence-corrected chi connectivity index (χ1v) is 15.1. The average Bonchev–Trinajstić information content (AvgIpc) is 3.74. The number of aliphatic imine (C=N–C) groups is 1. The summed E-state index contributed by atoms with van der Waals surface area (Å²) in [5.74, 6) is -0.590. The number of carbonyl (C=O) groups is 4. The fraction of sp³-hybridized carbons (Fsp3) is 0.452. The summed E-state index contributed by atoms with van der Waals surface area (Å²) in [4.78, 5) is 55.2. The lowest BCUT2D eigenvalue weighted by Crippen LogP contribution is -2.35. The van der Waals surface area contributed by atoms with E-state index in [0.29, 0.717) is 82.0 Å². The van der Waals surface area contributed by atoms with Crippen LogP contribution in [0.2, 0.25) is 0 Å². The van der Waals surface area contributed by atoms with Gasteiger partial charge in [0.1, 0.15) is 18.1 Å². The van der Waals surface area contributed by atoms with Crippen LogP contribution in [0.3, 0.4) is 0 Å². The lowest BCUT2D eigenvalue weighted by atomic mass is 10.1. The SMILES string of the molecule is C=C1C[C@H]2C=Nc3ccc(OCc4cn(CCOCCOCCOCCNC(=O)CCN5C(=O)C=CC5=O)nn4)cc3C(=O)N2C1. The minimum absolute atomic E-state index is 0.0437. The van der Waals surface area contributed by atoms with E-state index in [-0.39, 0.29) is 37.4 Å². The van der Waals surface area contributed by atoms with Gasteiger partial charge in [-0.2, -0.15) is 0 Å². The van der Waals surface area contributed by atoms with Crippen LogP contribution in [0.1, 0.15) is 28.9 Å². The Morgan fingerprint density at radius 2 is 1.72 bits per heavy atom. The van der Waals surface area contributed by atoms with Crippen molar-refractivity contribution in [3.8, 4) is 5.75 Å². The number of nitrogens with zero attached hydrogens (tertiary/aromatic N) is 6. The van der Waals surface area contributed by atoms with E-state index in [1.807, 2.05) is 6.21 Å². The maximum absolute atomic E-state index is 13.1. The number of nitrogens with one attached hydrogen (secondary N) is 1. The number of ether oxygens (including phenoxy) is 4. The molecule has 5 rings (SSSR count). The summed E-state index contributed by atoms with van der Waals surface area (Å²) in [6.07, 6.45) is 6.76. The van der Waals surface area contributed by atoms with Gasteiger partial charge in [-0.3, -0.25) is 29.1 Å². The number of carbonyl (C=O) groups excluding carboxylic acids is 4. The van der Waals surface area contributed by atoms with Crippen molar-refractivity contribution in [3.05, 3.63) is 60.0 Å². The van der Waals surface area contributed by atoms with E-state index in [0.717, 1.165) is 16.9 Å². The molecule has 3 aliphatic heterocycles. The summed E-state index contributed by atoms with van der Waals surface area (Å²) in [7, 11) is 0. The number of hydrogen-bond donors (Lipinski definition) is 1. The number of benzene rings is 1. The Morgan fingerprint density at radius 1 is 0.978 bits per heavy atom. The second-order valence-corrected chi connectivity index (χ2v) is 10.8. The van der Waals surface area contributed by atoms with Crippen molar-refractivity contribution in [2.24, 2.45) is 4.99 Å². The van der Waals surface area contributed by atoms with Gasteiger partial charge in [0.2, 0.25) is 5.91 Å². The molecule has 0 aliphatic carbocycles. The van der Waals surface area contributed by atoms with Crippen LogP contribution in [0.15, 0.2) is 53.7 Å². The summed E-state index contributed by atoms with van der Waals surface area (Å²) in [6.45, 7) is 7.94. The van der Waals surface area contributed by atoms with E-state index >= 15 is 0 Å². The molecule has 1 fully saturated rings. The molecule has 244 valence electrons. The molecule has 4 amide bonds. The van der Waals surface area contributed by atoms with E-state index in [9.17, 15) is 19.2 Å². The van der Waals surface area contributed by atoms with Gasteiger partial charge >= 0.3 is 0 Å². The molecule has 15 heteroatoms. The van der Waals surface area contributed by atoms with Crippen molar-refractivity contribution < 1.29 is 38.1 Å². The molecule has 15 nitrogen and oxygen atoms in total. The standard InChI is InChI=1S/C31H37N7O8/c1-22-16-24-18-33-27-3-2-25(17-26(27)31(42)38(24)19-22)46-21-23-20-36(35-34-23)9-11-44-13-15-45-14-12-43-10-7-32-28(39)6-8-37-29(40)4-5-30(37)41/h2-5,17-18,20,24H,1,6-16,19,21H2,(H,32,39)/t24-/m0/s1. The number of hydrogen-bond acceptors (Lipinski definition) is 11. The molecule has 0 radical (unpaired) electrons. The number of rotatable bonds is 18. The predicted octanol–water partition coefficient (Wildman–Crippen LogP) is 0.825. The highest BCUT2D eigenvalue weighted by atomic mass is 16.5. The van der Waals surface area contributed by atoms with E-state index in [4.69, 9.17) is 18.9 Å². The van der Waals surface area contributed by atoms with Crippen LogP contribution in [-0.2, 0) is 41.7 Å².